The first kappa shape index (κ1) is 43.6. The quantitative estimate of drug-likeness (QED) is 0.157. The van der Waals surface area contributed by atoms with Crippen LogP contribution in [0.1, 0.15) is 0 Å². The van der Waals surface area contributed by atoms with Crippen molar-refractivity contribution in [2.45, 2.75) is 0 Å². The Bertz CT molecular complexity index is 6240. The van der Waals surface area contributed by atoms with Crippen molar-refractivity contribution in [1.82, 2.24) is 17.9 Å². The lowest BCUT2D eigenvalue weighted by molar-refractivity contribution is 1.18. The van der Waals surface area contributed by atoms with Gasteiger partial charge in [-0.1, -0.05) is 152 Å². The maximum absolute atomic E-state index is 2.52. The van der Waals surface area contributed by atoms with Gasteiger partial charge in [-0.25, -0.2) is 0 Å². The van der Waals surface area contributed by atoms with Crippen molar-refractivity contribution in [2.75, 3.05) is 0 Å². The fourth-order valence-electron chi connectivity index (χ4n) is 14.7. The van der Waals surface area contributed by atoms with Crippen LogP contribution in [0.15, 0.2) is 255 Å². The van der Waals surface area contributed by atoms with Crippen molar-refractivity contribution in [3.05, 3.63) is 255 Å². The minimum Gasteiger partial charge on any atom is -0.315 e. The van der Waals surface area contributed by atoms with Gasteiger partial charge >= 0.3 is 0 Å². The third kappa shape index (κ3) is 5.69. The fourth-order valence-corrected chi connectivity index (χ4v) is 17.0. The van der Waals surface area contributed by atoms with E-state index in [1.165, 1.54) is 171 Å². The highest BCUT2D eigenvalue weighted by Crippen LogP contribution is 2.48. The number of thiophene rings is 2. The summed E-state index contributed by atoms with van der Waals surface area (Å²) >= 11 is 3.80. The molecule has 0 amide bonds. The Hall–Kier alpha value is -10.2. The van der Waals surface area contributed by atoms with Gasteiger partial charge in [0.05, 0.1) is 44.1 Å². The summed E-state index contributed by atoms with van der Waals surface area (Å²) in [7, 11) is 0. The molecule has 0 fully saturated rings. The molecule has 0 aliphatic rings. The first-order valence-corrected chi connectivity index (χ1v) is 29.8. The lowest BCUT2D eigenvalue weighted by Gasteiger charge is -2.13. The third-order valence-corrected chi connectivity index (χ3v) is 20.5. The van der Waals surface area contributed by atoms with Crippen LogP contribution in [0.5, 0.6) is 0 Å². The summed E-state index contributed by atoms with van der Waals surface area (Å²) in [4.78, 5) is 0. The molecule has 0 spiro atoms. The predicted molar refractivity (Wildman–Crippen MR) is 353 cm³/mol. The van der Waals surface area contributed by atoms with Crippen molar-refractivity contribution in [2.24, 2.45) is 0 Å². The van der Waals surface area contributed by atoms with Gasteiger partial charge in [-0.15, -0.1) is 22.7 Å². The molecular formula is C76H42N4S2. The van der Waals surface area contributed by atoms with E-state index >= 15 is 0 Å². The van der Waals surface area contributed by atoms with Crippen molar-refractivity contribution < 1.29 is 0 Å². The summed E-state index contributed by atoms with van der Waals surface area (Å²) in [5.41, 5.74) is 14.5. The summed E-state index contributed by atoms with van der Waals surface area (Å²) in [6, 6.07) is 91.3. The molecule has 20 aromatic rings. The number of hydrogen-bond acceptors (Lipinski definition) is 2. The maximum Gasteiger partial charge on any atom is 0.0635 e. The molecule has 0 saturated carbocycles. The smallest absolute Gasteiger partial charge is 0.0635 e. The van der Waals surface area contributed by atoms with Crippen LogP contribution < -0.4 is 0 Å². The summed E-state index contributed by atoms with van der Waals surface area (Å²) in [5.74, 6) is 0. The van der Waals surface area contributed by atoms with E-state index in [1.807, 2.05) is 22.7 Å². The van der Waals surface area contributed by atoms with E-state index in [1.54, 1.807) is 0 Å². The topological polar surface area (TPSA) is 18.7 Å². The van der Waals surface area contributed by atoms with Crippen molar-refractivity contribution >= 4 is 183 Å². The highest BCUT2D eigenvalue weighted by atomic mass is 32.1. The van der Waals surface area contributed by atoms with Crippen LogP contribution >= 0.6 is 22.7 Å². The summed E-state index contributed by atoms with van der Waals surface area (Å²) in [6.07, 6.45) is 4.72. The van der Waals surface area contributed by atoms with Crippen LogP contribution in [-0.4, -0.2) is 17.9 Å². The molecule has 82 heavy (non-hydrogen) atoms. The number of nitrogens with zero attached hydrogens (tertiary/aromatic N) is 4. The van der Waals surface area contributed by atoms with Gasteiger partial charge in [0.2, 0.25) is 0 Å². The predicted octanol–water partition coefficient (Wildman–Crippen LogP) is 21.7. The first-order valence-electron chi connectivity index (χ1n) is 28.1. The number of pyridine rings is 2. The minimum atomic E-state index is 1.15. The zero-order chi connectivity index (χ0) is 53.1. The van der Waals surface area contributed by atoms with Gasteiger partial charge in [-0.2, -0.15) is 0 Å². The van der Waals surface area contributed by atoms with E-state index in [2.05, 4.69) is 273 Å². The average Bonchev–Trinajstić information content (AvgIpc) is 4.57. The van der Waals surface area contributed by atoms with Gasteiger partial charge in [0.25, 0.3) is 0 Å². The van der Waals surface area contributed by atoms with E-state index in [9.17, 15) is 0 Å². The van der Waals surface area contributed by atoms with Crippen molar-refractivity contribution in [1.29, 1.82) is 0 Å². The molecule has 378 valence electrons. The first-order chi connectivity index (χ1) is 40.6. The Morgan fingerprint density at radius 2 is 0.732 bits per heavy atom. The molecule has 4 nitrogen and oxygen atoms in total. The second-order valence-corrected chi connectivity index (χ2v) is 24.6. The lowest BCUT2D eigenvalue weighted by Crippen LogP contribution is -1.94. The Balaban J connectivity index is 0.826. The van der Waals surface area contributed by atoms with Crippen molar-refractivity contribution in [3.8, 4) is 22.5 Å². The van der Waals surface area contributed by atoms with Gasteiger partial charge in [0, 0.05) is 129 Å². The Morgan fingerprint density at radius 3 is 1.50 bits per heavy atom. The molecule has 0 bridgehead atoms. The summed E-state index contributed by atoms with van der Waals surface area (Å²) in [5, 5.41) is 22.9. The SMILES string of the molecule is c1ccc(-n2c3ccccc3c3cc4c(cc32)c2cc3c(cc2c2c5ccccc5cn42)sc2cc(-c4ccc5c6c(ccc7c8cc9sc%10ccccc%10c9cc8c8c9ccccc9cn8c76)n(-c6ccccc6)c5c4)ccc23)cc1. The molecule has 0 radical (unpaired) electrons. The van der Waals surface area contributed by atoms with Crippen LogP contribution in [0.2, 0.25) is 0 Å². The molecule has 0 aliphatic heterocycles. The fraction of sp³-hybridized carbons (Fsp3) is 0. The van der Waals surface area contributed by atoms with Crippen LogP contribution in [0, 0.1) is 0 Å². The van der Waals surface area contributed by atoms with Gasteiger partial charge in [-0.3, -0.25) is 0 Å². The molecule has 12 aromatic carbocycles. The van der Waals surface area contributed by atoms with Gasteiger partial charge in [0.1, 0.15) is 0 Å². The van der Waals surface area contributed by atoms with Crippen LogP contribution in [-0.2, 0) is 0 Å². The standard InChI is InChI=1S/C76H42N4S2/c1-3-17-47(18-4-1)79-64-25-13-11-23-51(64)58-37-66-59(38-68(58)79)56-35-60-53-29-27-44(34-70(53)82-72(60)40-63(56)74-49-21-9-7-15-45(49)41-77(66)74)43-28-30-55-67(33-43)80(48-19-5-2-6-20-48)65-32-31-54-57-39-71-61(52-24-12-14-26-69(52)81-71)36-62(57)75-50-22-10-8-16-46(50)42-78(75)76(54)73(55)65/h1-42H. The zero-order valence-corrected chi connectivity index (χ0v) is 45.5. The largest absolute Gasteiger partial charge is 0.315 e. The monoisotopic (exact) mass is 1070 g/mol. The number of fused-ring (bicyclic) bond motifs is 29. The van der Waals surface area contributed by atoms with E-state index in [4.69, 9.17) is 0 Å². The van der Waals surface area contributed by atoms with Gasteiger partial charge in [-0.05, 0) is 113 Å². The molecule has 8 aromatic heterocycles. The minimum absolute atomic E-state index is 1.15. The number of para-hydroxylation sites is 3. The van der Waals surface area contributed by atoms with Crippen molar-refractivity contribution in [3.63, 3.8) is 0 Å². The second kappa shape index (κ2) is 15.8. The Labute approximate surface area is 475 Å². The molecule has 6 heteroatoms. The number of hydrogen-bond donors (Lipinski definition) is 0. The molecule has 0 N–H and O–H groups in total. The van der Waals surface area contributed by atoms with Gasteiger partial charge in [0.15, 0.2) is 0 Å². The van der Waals surface area contributed by atoms with Crippen LogP contribution in [0.25, 0.3) is 182 Å². The molecule has 0 saturated heterocycles. The van der Waals surface area contributed by atoms with E-state index < -0.39 is 0 Å². The normalized spacial score (nSPS) is 12.6. The third-order valence-electron chi connectivity index (χ3n) is 18.2. The summed E-state index contributed by atoms with van der Waals surface area (Å²) < 4.78 is 15.1. The van der Waals surface area contributed by atoms with E-state index in [0.717, 1.165) is 11.4 Å². The van der Waals surface area contributed by atoms with E-state index in [0.29, 0.717) is 0 Å². The van der Waals surface area contributed by atoms with Gasteiger partial charge < -0.3 is 17.9 Å². The lowest BCUT2D eigenvalue weighted by atomic mass is 9.98. The van der Waals surface area contributed by atoms with Crippen LogP contribution in [0.4, 0.5) is 0 Å². The van der Waals surface area contributed by atoms with E-state index in [-0.39, 0.29) is 0 Å². The highest BCUT2D eigenvalue weighted by Gasteiger charge is 2.24. The Morgan fingerprint density at radius 1 is 0.232 bits per heavy atom. The molecule has 0 aliphatic carbocycles. The molecule has 0 atom stereocenters. The number of rotatable bonds is 3. The maximum atomic E-state index is 2.52. The molecule has 8 heterocycles. The number of aromatic nitrogens is 4. The number of benzene rings is 12. The highest BCUT2D eigenvalue weighted by molar-refractivity contribution is 7.26. The molecular weight excluding hydrogens is 1030 g/mol. The summed E-state index contributed by atoms with van der Waals surface area (Å²) in [6.45, 7) is 0. The molecule has 0 unspecified atom stereocenters. The average molecular weight is 1080 g/mol. The Kier molecular flexibility index (Phi) is 8.39. The zero-order valence-electron chi connectivity index (χ0n) is 43.9. The van der Waals surface area contributed by atoms with Crippen LogP contribution in [0.3, 0.4) is 0 Å². The second-order valence-electron chi connectivity index (χ2n) is 22.4. The molecule has 20 rings (SSSR count).